The molecule has 2 rings (SSSR count). The van der Waals surface area contributed by atoms with E-state index in [1.807, 2.05) is 0 Å². The Morgan fingerprint density at radius 3 is 2.39 bits per heavy atom. The van der Waals surface area contributed by atoms with Gasteiger partial charge in [0.05, 0.1) is 5.60 Å². The van der Waals surface area contributed by atoms with Crippen molar-refractivity contribution in [3.05, 3.63) is 25.3 Å². The summed E-state index contributed by atoms with van der Waals surface area (Å²) in [6.07, 6.45) is 4.79. The smallest absolute Gasteiger partial charge is 0.0865 e. The molecule has 1 aliphatic heterocycles. The number of hydrogen-bond acceptors (Lipinski definition) is 3. The average Bonchev–Trinajstić information content (AvgIpc) is 2.77. The van der Waals surface area contributed by atoms with Crippen molar-refractivity contribution in [1.29, 1.82) is 0 Å². The Balaban J connectivity index is 1.79. The maximum Gasteiger partial charge on any atom is 0.0865 e. The molecule has 102 valence electrons. The SMILES string of the molecule is C=CCC(O)(CC=C)C(C)NCC1[C@H]2CNC[C@@H]12. The highest BCUT2D eigenvalue weighted by molar-refractivity contribution is 5.06. The van der Waals surface area contributed by atoms with E-state index >= 15 is 0 Å². The Kier molecular flexibility index (Phi) is 4.25. The van der Waals surface area contributed by atoms with Gasteiger partial charge in [0.2, 0.25) is 0 Å². The molecule has 1 aliphatic carbocycles. The van der Waals surface area contributed by atoms with Crippen LogP contribution in [0, 0.1) is 17.8 Å². The molecule has 1 saturated heterocycles. The molecule has 3 heteroatoms. The second-order valence-electron chi connectivity index (χ2n) is 5.87. The van der Waals surface area contributed by atoms with Gasteiger partial charge >= 0.3 is 0 Å². The number of fused-ring (bicyclic) bond motifs is 1. The third kappa shape index (κ3) is 2.68. The first kappa shape index (κ1) is 13.8. The summed E-state index contributed by atoms with van der Waals surface area (Å²) < 4.78 is 0. The lowest BCUT2D eigenvalue weighted by Gasteiger charge is -2.33. The van der Waals surface area contributed by atoms with Crippen LogP contribution in [-0.4, -0.2) is 36.4 Å². The highest BCUT2D eigenvalue weighted by atomic mass is 16.3. The molecule has 0 bridgehead atoms. The van der Waals surface area contributed by atoms with Gasteiger partial charge < -0.3 is 15.7 Å². The summed E-state index contributed by atoms with van der Waals surface area (Å²) in [5, 5.41) is 17.5. The molecule has 2 aliphatic rings. The predicted molar refractivity (Wildman–Crippen MR) is 75.4 cm³/mol. The topological polar surface area (TPSA) is 44.3 Å². The molecule has 0 radical (unpaired) electrons. The van der Waals surface area contributed by atoms with Gasteiger partial charge in [0.1, 0.15) is 0 Å². The molecule has 3 N–H and O–H groups in total. The molecule has 0 spiro atoms. The van der Waals surface area contributed by atoms with Gasteiger partial charge in [-0.05, 0) is 57.2 Å². The minimum atomic E-state index is -0.744. The Morgan fingerprint density at radius 1 is 1.33 bits per heavy atom. The number of aliphatic hydroxyl groups is 1. The third-order valence-electron chi connectivity index (χ3n) is 4.73. The largest absolute Gasteiger partial charge is 0.388 e. The zero-order valence-corrected chi connectivity index (χ0v) is 11.4. The van der Waals surface area contributed by atoms with Crippen molar-refractivity contribution < 1.29 is 5.11 Å². The lowest BCUT2D eigenvalue weighted by molar-refractivity contribution is 0.0123. The molecular weight excluding hydrogens is 224 g/mol. The Hall–Kier alpha value is -0.640. The van der Waals surface area contributed by atoms with E-state index in [-0.39, 0.29) is 6.04 Å². The van der Waals surface area contributed by atoms with E-state index in [1.54, 1.807) is 12.2 Å². The predicted octanol–water partition coefficient (Wildman–Crippen LogP) is 1.31. The molecule has 2 fully saturated rings. The first-order valence-corrected chi connectivity index (χ1v) is 7.00. The second kappa shape index (κ2) is 5.55. The van der Waals surface area contributed by atoms with Crippen molar-refractivity contribution in [2.75, 3.05) is 19.6 Å². The van der Waals surface area contributed by atoms with E-state index in [0.29, 0.717) is 12.8 Å². The van der Waals surface area contributed by atoms with Crippen LogP contribution in [0.4, 0.5) is 0 Å². The summed E-state index contributed by atoms with van der Waals surface area (Å²) in [5.41, 5.74) is -0.744. The van der Waals surface area contributed by atoms with Crippen LogP contribution in [0.2, 0.25) is 0 Å². The average molecular weight is 250 g/mol. The van der Waals surface area contributed by atoms with Gasteiger partial charge in [0, 0.05) is 6.04 Å². The third-order valence-corrected chi connectivity index (χ3v) is 4.73. The van der Waals surface area contributed by atoms with Crippen molar-refractivity contribution >= 4 is 0 Å². The summed E-state index contributed by atoms with van der Waals surface area (Å²) in [6.45, 7) is 12.9. The van der Waals surface area contributed by atoms with Gasteiger partial charge in [-0.25, -0.2) is 0 Å². The summed E-state index contributed by atoms with van der Waals surface area (Å²) in [5.74, 6) is 2.55. The fraction of sp³-hybridized carbons (Fsp3) is 0.733. The van der Waals surface area contributed by atoms with E-state index in [9.17, 15) is 5.11 Å². The molecule has 3 nitrogen and oxygen atoms in total. The van der Waals surface area contributed by atoms with E-state index in [1.165, 1.54) is 13.1 Å². The zero-order valence-electron chi connectivity index (χ0n) is 11.4. The molecule has 0 amide bonds. The molecule has 0 aromatic rings. The Morgan fingerprint density at radius 2 is 1.89 bits per heavy atom. The highest BCUT2D eigenvalue weighted by Crippen LogP contribution is 2.48. The Labute approximate surface area is 110 Å². The molecular formula is C15H26N2O. The van der Waals surface area contributed by atoms with Gasteiger partial charge in [0.25, 0.3) is 0 Å². The number of piperidine rings is 1. The van der Waals surface area contributed by atoms with Crippen LogP contribution in [0.5, 0.6) is 0 Å². The Bertz CT molecular complexity index is 296. The van der Waals surface area contributed by atoms with Crippen molar-refractivity contribution in [2.45, 2.75) is 31.4 Å². The molecule has 18 heavy (non-hydrogen) atoms. The van der Waals surface area contributed by atoms with Crippen molar-refractivity contribution in [2.24, 2.45) is 17.8 Å². The fourth-order valence-electron chi connectivity index (χ4n) is 3.29. The monoisotopic (exact) mass is 250 g/mol. The van der Waals surface area contributed by atoms with Crippen molar-refractivity contribution in [3.63, 3.8) is 0 Å². The van der Waals surface area contributed by atoms with Crippen molar-refractivity contribution in [1.82, 2.24) is 10.6 Å². The number of nitrogens with one attached hydrogen (secondary N) is 2. The molecule has 4 atom stereocenters. The van der Waals surface area contributed by atoms with E-state index in [0.717, 1.165) is 24.3 Å². The number of rotatable bonds is 8. The first-order chi connectivity index (χ1) is 8.62. The first-order valence-electron chi connectivity index (χ1n) is 7.00. The quantitative estimate of drug-likeness (QED) is 0.569. The van der Waals surface area contributed by atoms with Crippen LogP contribution in [-0.2, 0) is 0 Å². The molecule has 1 saturated carbocycles. The van der Waals surface area contributed by atoms with Gasteiger partial charge in [-0.2, -0.15) is 0 Å². The van der Waals surface area contributed by atoms with Crippen LogP contribution < -0.4 is 10.6 Å². The van der Waals surface area contributed by atoms with Crippen LogP contribution in [0.1, 0.15) is 19.8 Å². The minimum absolute atomic E-state index is 0.0720. The highest BCUT2D eigenvalue weighted by Gasteiger charge is 2.52. The van der Waals surface area contributed by atoms with Gasteiger partial charge in [-0.15, -0.1) is 13.2 Å². The van der Waals surface area contributed by atoms with Gasteiger partial charge in [-0.1, -0.05) is 12.2 Å². The molecule has 0 aromatic carbocycles. The van der Waals surface area contributed by atoms with E-state index in [4.69, 9.17) is 0 Å². The number of hydrogen-bond donors (Lipinski definition) is 3. The lowest BCUT2D eigenvalue weighted by atomic mass is 9.88. The maximum atomic E-state index is 10.6. The lowest BCUT2D eigenvalue weighted by Crippen LogP contribution is -2.49. The second-order valence-corrected chi connectivity index (χ2v) is 5.87. The molecule has 2 unspecified atom stereocenters. The van der Waals surface area contributed by atoms with E-state index in [2.05, 4.69) is 30.7 Å². The van der Waals surface area contributed by atoms with E-state index < -0.39 is 5.60 Å². The summed E-state index contributed by atoms with van der Waals surface area (Å²) in [7, 11) is 0. The van der Waals surface area contributed by atoms with Crippen LogP contribution >= 0.6 is 0 Å². The van der Waals surface area contributed by atoms with Crippen LogP contribution in [0.25, 0.3) is 0 Å². The summed E-state index contributed by atoms with van der Waals surface area (Å²) in [4.78, 5) is 0. The molecule has 1 heterocycles. The van der Waals surface area contributed by atoms with Gasteiger partial charge in [0.15, 0.2) is 0 Å². The van der Waals surface area contributed by atoms with Crippen LogP contribution in [0.3, 0.4) is 0 Å². The zero-order chi connectivity index (χ0) is 13.2. The normalized spacial score (nSPS) is 31.8. The maximum absolute atomic E-state index is 10.6. The minimum Gasteiger partial charge on any atom is -0.388 e. The van der Waals surface area contributed by atoms with Gasteiger partial charge in [-0.3, -0.25) is 0 Å². The van der Waals surface area contributed by atoms with Crippen molar-refractivity contribution in [3.8, 4) is 0 Å². The molecule has 0 aromatic heterocycles. The summed E-state index contributed by atoms with van der Waals surface area (Å²) >= 11 is 0. The standard InChI is InChI=1S/C15H26N2O/c1-4-6-15(18,7-5-2)11(3)17-10-14-12-8-16-9-13(12)14/h4-5,11-14,16-18H,1-2,6-10H2,3H3/t11?,12-,13+,14?. The summed E-state index contributed by atoms with van der Waals surface area (Å²) in [6, 6.07) is 0.0720. The fourth-order valence-corrected chi connectivity index (χ4v) is 3.29. The van der Waals surface area contributed by atoms with Crippen LogP contribution in [0.15, 0.2) is 25.3 Å².